The van der Waals surface area contributed by atoms with Gasteiger partial charge in [-0.3, -0.25) is 14.1 Å². The summed E-state index contributed by atoms with van der Waals surface area (Å²) < 4.78 is 33.7. The van der Waals surface area contributed by atoms with Crippen LogP contribution >= 0.6 is 0 Å². The molecule has 4 aromatic rings. The molecule has 4 aromatic carbocycles. The summed E-state index contributed by atoms with van der Waals surface area (Å²) in [4.78, 5) is 33.1. The van der Waals surface area contributed by atoms with Crippen LogP contribution in [0.3, 0.4) is 0 Å². The van der Waals surface area contributed by atoms with E-state index in [0.29, 0.717) is 22.5 Å². The molecule has 4 N–H and O–H groups in total. The van der Waals surface area contributed by atoms with E-state index in [1.54, 1.807) is 12.1 Å². The number of fused-ring (bicyclic) bond motifs is 3. The van der Waals surface area contributed by atoms with Crippen molar-refractivity contribution < 1.29 is 32.5 Å². The fourth-order valence-electron chi connectivity index (χ4n) is 6.21. The Balaban J connectivity index is 1.30. The highest BCUT2D eigenvalue weighted by Crippen LogP contribution is 2.43. The molecule has 0 aromatic heterocycles. The monoisotopic (exact) mass is 640 g/mol. The van der Waals surface area contributed by atoms with E-state index in [2.05, 4.69) is 10.8 Å². The van der Waals surface area contributed by atoms with Crippen molar-refractivity contribution in [2.75, 3.05) is 10.8 Å². The van der Waals surface area contributed by atoms with E-state index < -0.39 is 27.9 Å². The number of nitrogens with one attached hydrogen (secondary N) is 2. The molecule has 238 valence electrons. The van der Waals surface area contributed by atoms with Gasteiger partial charge < -0.3 is 15.3 Å². The fraction of sp³-hybridized carbons (Fsp3) is 0.278. The molecule has 2 unspecified atom stereocenters. The van der Waals surface area contributed by atoms with Gasteiger partial charge in [0.15, 0.2) is 17.3 Å². The third kappa shape index (κ3) is 5.41. The Hall–Kier alpha value is -4.67. The molecule has 46 heavy (non-hydrogen) atoms. The minimum Gasteiger partial charge on any atom is -0.507 e. The minimum atomic E-state index is -4.55. The zero-order valence-electron chi connectivity index (χ0n) is 26.4. The predicted octanol–water partition coefficient (Wildman–Crippen LogP) is 7.30. The van der Waals surface area contributed by atoms with Gasteiger partial charge in [-0.15, -0.1) is 0 Å². The van der Waals surface area contributed by atoms with Crippen LogP contribution in [0.4, 0.5) is 11.4 Å². The molecule has 10 heteroatoms. The quantitative estimate of drug-likeness (QED) is 0.100. The minimum absolute atomic E-state index is 0.117. The smallest absolute Gasteiger partial charge is 0.295 e. The number of hydrogen-bond acceptors (Lipinski definition) is 8. The standard InChI is InChI=1S/C36H36N2O7S/c1-35(2,3)25-16-21(17-26(34(25)41)36(4,5)6)45-38-28-11-7-9-19-13-14-27(37-31(19)28)30-32(39)23-15-20-10-8-12-29(46(42,43)44)22(20)18-24(23)33(30)40/h7-18,27,30,37-38,41H,1-6H3,(H,42,43,44). The summed E-state index contributed by atoms with van der Waals surface area (Å²) in [5.74, 6) is -1.14. The van der Waals surface area contributed by atoms with Gasteiger partial charge in [-0.25, -0.2) is 5.48 Å². The predicted molar refractivity (Wildman–Crippen MR) is 179 cm³/mol. The van der Waals surface area contributed by atoms with Crippen LogP contribution in [0, 0.1) is 5.92 Å². The zero-order valence-corrected chi connectivity index (χ0v) is 27.2. The molecule has 0 saturated carbocycles. The van der Waals surface area contributed by atoms with Gasteiger partial charge in [-0.1, -0.05) is 78.0 Å². The molecule has 0 saturated heterocycles. The summed E-state index contributed by atoms with van der Waals surface area (Å²) >= 11 is 0. The molecule has 1 heterocycles. The topological polar surface area (TPSA) is 142 Å². The summed E-state index contributed by atoms with van der Waals surface area (Å²) in [5, 5.41) is 15.0. The van der Waals surface area contributed by atoms with Crippen molar-refractivity contribution in [1.82, 2.24) is 0 Å². The number of phenols is 1. The lowest BCUT2D eigenvalue weighted by Gasteiger charge is -2.29. The van der Waals surface area contributed by atoms with Crippen molar-refractivity contribution in [3.8, 4) is 11.5 Å². The van der Waals surface area contributed by atoms with E-state index in [1.165, 1.54) is 24.3 Å². The Morgan fingerprint density at radius 3 is 2.07 bits per heavy atom. The highest BCUT2D eigenvalue weighted by molar-refractivity contribution is 7.86. The molecular formula is C36H36N2O7S. The number of rotatable bonds is 5. The first-order valence-corrected chi connectivity index (χ1v) is 16.4. The number of Topliss-reactive ketones (excluding diaryl/α,β-unsaturated/α-hetero) is 2. The van der Waals surface area contributed by atoms with Crippen LogP contribution in [0.15, 0.2) is 71.6 Å². The summed E-state index contributed by atoms with van der Waals surface area (Å²) in [6, 6.07) is 15.7. The first-order valence-electron chi connectivity index (χ1n) is 15.0. The largest absolute Gasteiger partial charge is 0.507 e. The van der Waals surface area contributed by atoms with Crippen LogP contribution in [0.25, 0.3) is 16.8 Å². The molecule has 6 rings (SSSR count). The number of anilines is 2. The third-order valence-corrected chi connectivity index (χ3v) is 9.49. The normalized spacial score (nSPS) is 17.9. The molecule has 0 fully saturated rings. The maximum atomic E-state index is 13.7. The fourth-order valence-corrected chi connectivity index (χ4v) is 6.91. The van der Waals surface area contributed by atoms with Crippen molar-refractivity contribution in [2.45, 2.75) is 63.3 Å². The molecule has 9 nitrogen and oxygen atoms in total. The van der Waals surface area contributed by atoms with Gasteiger partial charge in [0.1, 0.15) is 16.6 Å². The molecule has 0 bridgehead atoms. The molecule has 2 atom stereocenters. The molecule has 2 aliphatic rings. The second-order valence-electron chi connectivity index (χ2n) is 13.9. The number of aromatic hydroxyl groups is 1. The number of carbonyl (C=O) groups excluding carboxylic acids is 2. The zero-order chi connectivity index (χ0) is 33.3. The lowest BCUT2D eigenvalue weighted by molar-refractivity contribution is 0.0833. The second-order valence-corrected chi connectivity index (χ2v) is 15.3. The molecule has 0 amide bonds. The summed E-state index contributed by atoms with van der Waals surface area (Å²) in [5.41, 5.74) is 6.21. The van der Waals surface area contributed by atoms with E-state index in [-0.39, 0.29) is 43.8 Å². The van der Waals surface area contributed by atoms with E-state index in [0.717, 1.165) is 16.7 Å². The van der Waals surface area contributed by atoms with E-state index in [4.69, 9.17) is 4.84 Å². The van der Waals surface area contributed by atoms with Crippen molar-refractivity contribution in [3.63, 3.8) is 0 Å². The number of benzene rings is 4. The summed E-state index contributed by atoms with van der Waals surface area (Å²) in [6.07, 6.45) is 3.61. The molecule has 0 spiro atoms. The maximum Gasteiger partial charge on any atom is 0.295 e. The second kappa shape index (κ2) is 10.7. The molecular weight excluding hydrogens is 604 g/mol. The third-order valence-electron chi connectivity index (χ3n) is 8.58. The van der Waals surface area contributed by atoms with E-state index >= 15 is 0 Å². The van der Waals surface area contributed by atoms with Crippen molar-refractivity contribution >= 4 is 49.9 Å². The van der Waals surface area contributed by atoms with Crippen LogP contribution in [-0.4, -0.2) is 35.7 Å². The van der Waals surface area contributed by atoms with Gasteiger partial charge >= 0.3 is 0 Å². The van der Waals surface area contributed by atoms with Gasteiger partial charge in [-0.2, -0.15) is 8.42 Å². The Kier molecular flexibility index (Phi) is 7.29. The average Bonchev–Trinajstić information content (AvgIpc) is 3.21. The highest BCUT2D eigenvalue weighted by Gasteiger charge is 2.44. The lowest BCUT2D eigenvalue weighted by Crippen LogP contribution is -2.36. The Bertz CT molecular complexity index is 2050. The van der Waals surface area contributed by atoms with Gasteiger partial charge in [0.2, 0.25) is 0 Å². The van der Waals surface area contributed by atoms with Crippen molar-refractivity contribution in [1.29, 1.82) is 0 Å². The van der Waals surface area contributed by atoms with Crippen LogP contribution in [0.2, 0.25) is 0 Å². The maximum absolute atomic E-state index is 13.7. The van der Waals surface area contributed by atoms with Crippen LogP contribution in [0.5, 0.6) is 11.5 Å². The lowest BCUT2D eigenvalue weighted by atomic mass is 9.79. The Morgan fingerprint density at radius 2 is 1.46 bits per heavy atom. The van der Waals surface area contributed by atoms with Crippen molar-refractivity contribution in [3.05, 3.63) is 94.6 Å². The van der Waals surface area contributed by atoms with Crippen LogP contribution in [0.1, 0.15) is 78.9 Å². The first-order chi connectivity index (χ1) is 21.4. The Labute approximate surface area is 268 Å². The highest BCUT2D eigenvalue weighted by atomic mass is 32.2. The van der Waals surface area contributed by atoms with Gasteiger partial charge in [-0.05, 0) is 58.2 Å². The molecule has 1 aliphatic heterocycles. The SMILES string of the molecule is CC(C)(C)c1cc(ONc2cccc3c2NC(C2C(=O)c4cc5cccc(S(=O)(=O)O)c5cc4C2=O)C=C3)cc(C(C)(C)C)c1O. The van der Waals surface area contributed by atoms with E-state index in [9.17, 15) is 27.7 Å². The number of ketones is 2. The molecule has 0 radical (unpaired) electrons. The van der Waals surface area contributed by atoms with Crippen LogP contribution < -0.4 is 15.6 Å². The van der Waals surface area contributed by atoms with Gasteiger partial charge in [0, 0.05) is 27.6 Å². The number of carbonyl (C=O) groups is 2. The van der Waals surface area contributed by atoms with Gasteiger partial charge in [0.05, 0.1) is 17.4 Å². The summed E-state index contributed by atoms with van der Waals surface area (Å²) in [7, 11) is -4.55. The van der Waals surface area contributed by atoms with E-state index in [1.807, 2.05) is 78.0 Å². The summed E-state index contributed by atoms with van der Waals surface area (Å²) in [6.45, 7) is 12.1. The average molecular weight is 641 g/mol. The molecule has 1 aliphatic carbocycles. The van der Waals surface area contributed by atoms with Gasteiger partial charge in [0.25, 0.3) is 10.1 Å². The first kappa shape index (κ1) is 31.3. The van der Waals surface area contributed by atoms with Crippen molar-refractivity contribution in [2.24, 2.45) is 5.92 Å². The number of para-hydroxylation sites is 1. The van der Waals surface area contributed by atoms with Crippen LogP contribution in [-0.2, 0) is 20.9 Å². The Morgan fingerprint density at radius 1 is 0.848 bits per heavy atom. The number of phenolic OH excluding ortho intramolecular Hbond substituents is 1. The number of hydrogen-bond donors (Lipinski definition) is 4.